The minimum Gasteiger partial charge on any atom is -0.481 e. The van der Waals surface area contributed by atoms with Gasteiger partial charge in [-0.3, -0.25) is 4.79 Å². The summed E-state index contributed by atoms with van der Waals surface area (Å²) >= 11 is 3.40. The zero-order valence-electron chi connectivity index (χ0n) is 7.98. The highest BCUT2D eigenvalue weighted by Gasteiger charge is 2.26. The van der Waals surface area contributed by atoms with Crippen molar-refractivity contribution >= 4 is 21.9 Å². The predicted octanol–water partition coefficient (Wildman–Crippen LogP) is 3.03. The molecule has 1 N–H and O–H groups in total. The maximum atomic E-state index is 11.1. The fourth-order valence-electron chi connectivity index (χ4n) is 1.40. The lowest BCUT2D eigenvalue weighted by molar-refractivity contribution is -0.138. The highest BCUT2D eigenvalue weighted by atomic mass is 79.9. The second-order valence-corrected chi connectivity index (χ2v) is 4.33. The first-order valence-electron chi connectivity index (χ1n) is 4.58. The molecule has 0 aliphatic carbocycles. The molecule has 2 atom stereocenters. The van der Waals surface area contributed by atoms with Crippen LogP contribution in [0.3, 0.4) is 0 Å². The number of hydrogen-bond donors (Lipinski definition) is 1. The lowest BCUT2D eigenvalue weighted by Gasteiger charge is -2.17. The van der Waals surface area contributed by atoms with Gasteiger partial charge in [0.15, 0.2) is 0 Å². The van der Waals surface area contributed by atoms with E-state index in [0.717, 1.165) is 12.0 Å². The Morgan fingerprint density at radius 3 is 2.43 bits per heavy atom. The van der Waals surface area contributed by atoms with Gasteiger partial charge in [-0.2, -0.15) is 0 Å². The minimum atomic E-state index is -0.778. The Hall–Kier alpha value is -0.830. The van der Waals surface area contributed by atoms with Gasteiger partial charge < -0.3 is 5.11 Å². The molecular formula is C11H13BrO2. The SMILES string of the molecule is CCC(Br)C(C(=O)O)c1ccccc1. The summed E-state index contributed by atoms with van der Waals surface area (Å²) in [4.78, 5) is 11.1. The Labute approximate surface area is 92.1 Å². The van der Waals surface area contributed by atoms with Crippen molar-refractivity contribution in [3.05, 3.63) is 35.9 Å². The second-order valence-electron chi connectivity index (χ2n) is 3.15. The van der Waals surface area contributed by atoms with Crippen LogP contribution in [0.25, 0.3) is 0 Å². The second kappa shape index (κ2) is 5.15. The van der Waals surface area contributed by atoms with E-state index in [0.29, 0.717) is 0 Å². The minimum absolute atomic E-state index is 0.0117. The molecule has 2 unspecified atom stereocenters. The Balaban J connectivity index is 2.95. The van der Waals surface area contributed by atoms with Gasteiger partial charge >= 0.3 is 5.97 Å². The van der Waals surface area contributed by atoms with Crippen LogP contribution >= 0.6 is 15.9 Å². The predicted molar refractivity (Wildman–Crippen MR) is 59.8 cm³/mol. The first-order valence-corrected chi connectivity index (χ1v) is 5.50. The Morgan fingerprint density at radius 2 is 2.00 bits per heavy atom. The molecule has 0 heterocycles. The van der Waals surface area contributed by atoms with Crippen molar-refractivity contribution < 1.29 is 9.90 Å². The van der Waals surface area contributed by atoms with Crippen molar-refractivity contribution in [1.29, 1.82) is 0 Å². The van der Waals surface area contributed by atoms with Gasteiger partial charge in [-0.05, 0) is 12.0 Å². The summed E-state index contributed by atoms with van der Waals surface area (Å²) in [6.07, 6.45) is 0.797. The van der Waals surface area contributed by atoms with Gasteiger partial charge in [0.1, 0.15) is 0 Å². The topological polar surface area (TPSA) is 37.3 Å². The molecule has 0 aliphatic rings. The van der Waals surface area contributed by atoms with Gasteiger partial charge in [0.25, 0.3) is 0 Å². The zero-order valence-corrected chi connectivity index (χ0v) is 9.57. The van der Waals surface area contributed by atoms with Crippen LogP contribution in [0, 0.1) is 0 Å². The molecule has 0 saturated carbocycles. The van der Waals surface area contributed by atoms with Crippen molar-refractivity contribution in [3.8, 4) is 0 Å². The fraction of sp³-hybridized carbons (Fsp3) is 0.364. The normalized spacial score (nSPS) is 14.7. The van der Waals surface area contributed by atoms with Gasteiger partial charge in [0, 0.05) is 4.83 Å². The highest BCUT2D eigenvalue weighted by molar-refractivity contribution is 9.09. The van der Waals surface area contributed by atoms with E-state index in [-0.39, 0.29) is 4.83 Å². The average Bonchev–Trinajstić information content (AvgIpc) is 2.19. The summed E-state index contributed by atoms with van der Waals surface area (Å²) in [6.45, 7) is 1.97. The van der Waals surface area contributed by atoms with E-state index in [2.05, 4.69) is 15.9 Å². The van der Waals surface area contributed by atoms with Crippen molar-refractivity contribution in [3.63, 3.8) is 0 Å². The van der Waals surface area contributed by atoms with Crippen molar-refractivity contribution in [1.82, 2.24) is 0 Å². The number of aliphatic carboxylic acids is 1. The molecule has 0 bridgehead atoms. The van der Waals surface area contributed by atoms with Crippen molar-refractivity contribution in [2.24, 2.45) is 0 Å². The summed E-state index contributed by atoms with van der Waals surface area (Å²) in [5.74, 6) is -1.24. The van der Waals surface area contributed by atoms with Gasteiger partial charge in [-0.15, -0.1) is 0 Å². The van der Waals surface area contributed by atoms with E-state index in [9.17, 15) is 4.79 Å². The van der Waals surface area contributed by atoms with E-state index < -0.39 is 11.9 Å². The largest absolute Gasteiger partial charge is 0.481 e. The molecule has 0 spiro atoms. The van der Waals surface area contributed by atoms with Gasteiger partial charge in [0.2, 0.25) is 0 Å². The molecule has 14 heavy (non-hydrogen) atoms. The number of benzene rings is 1. The van der Waals surface area contributed by atoms with E-state index in [4.69, 9.17) is 5.11 Å². The summed E-state index contributed by atoms with van der Waals surface area (Å²) in [5.41, 5.74) is 0.851. The van der Waals surface area contributed by atoms with Crippen LogP contribution in [-0.4, -0.2) is 15.9 Å². The molecule has 1 rings (SSSR count). The van der Waals surface area contributed by atoms with Gasteiger partial charge in [0.05, 0.1) is 5.92 Å². The van der Waals surface area contributed by atoms with Crippen LogP contribution in [0.2, 0.25) is 0 Å². The molecule has 0 saturated heterocycles. The number of rotatable bonds is 4. The Kier molecular flexibility index (Phi) is 4.14. The van der Waals surface area contributed by atoms with E-state index >= 15 is 0 Å². The maximum absolute atomic E-state index is 11.1. The summed E-state index contributed by atoms with van der Waals surface area (Å²) in [6, 6.07) is 9.31. The lowest BCUT2D eigenvalue weighted by Crippen LogP contribution is -2.20. The molecule has 76 valence electrons. The number of carboxylic acid groups (broad SMARTS) is 1. The maximum Gasteiger partial charge on any atom is 0.312 e. The van der Waals surface area contributed by atoms with Crippen LogP contribution in [0.15, 0.2) is 30.3 Å². The van der Waals surface area contributed by atoms with E-state index in [1.54, 1.807) is 0 Å². The van der Waals surface area contributed by atoms with Gasteiger partial charge in [-0.1, -0.05) is 53.2 Å². The molecule has 0 aromatic heterocycles. The molecule has 0 amide bonds. The van der Waals surface area contributed by atoms with Gasteiger partial charge in [-0.25, -0.2) is 0 Å². The smallest absolute Gasteiger partial charge is 0.312 e. The number of carbonyl (C=O) groups is 1. The molecule has 0 aliphatic heterocycles. The molecule has 1 aromatic carbocycles. The first kappa shape index (κ1) is 11.2. The summed E-state index contributed by atoms with van der Waals surface area (Å²) in [5, 5.41) is 9.10. The molecule has 0 radical (unpaired) electrons. The highest BCUT2D eigenvalue weighted by Crippen LogP contribution is 2.27. The zero-order chi connectivity index (χ0) is 10.6. The third-order valence-electron chi connectivity index (χ3n) is 2.18. The number of hydrogen-bond acceptors (Lipinski definition) is 1. The number of halogens is 1. The molecule has 0 fully saturated rings. The lowest BCUT2D eigenvalue weighted by atomic mass is 9.95. The standard InChI is InChI=1S/C11H13BrO2/c1-2-9(12)10(11(13)14)8-6-4-3-5-7-8/h3-7,9-10H,2H2,1H3,(H,13,14). The fourth-order valence-corrected chi connectivity index (χ4v) is 1.93. The van der Waals surface area contributed by atoms with Crippen LogP contribution < -0.4 is 0 Å². The van der Waals surface area contributed by atoms with Crippen LogP contribution in [-0.2, 0) is 4.79 Å². The summed E-state index contributed by atoms with van der Waals surface area (Å²) < 4.78 is 0. The van der Waals surface area contributed by atoms with E-state index in [1.807, 2.05) is 37.3 Å². The Morgan fingerprint density at radius 1 is 1.43 bits per heavy atom. The quantitative estimate of drug-likeness (QED) is 0.842. The average molecular weight is 257 g/mol. The van der Waals surface area contributed by atoms with Crippen molar-refractivity contribution in [2.75, 3.05) is 0 Å². The molecule has 1 aromatic rings. The van der Waals surface area contributed by atoms with Crippen LogP contribution in [0.5, 0.6) is 0 Å². The summed E-state index contributed by atoms with van der Waals surface area (Å²) in [7, 11) is 0. The molecule has 3 heteroatoms. The third-order valence-corrected chi connectivity index (χ3v) is 3.35. The monoisotopic (exact) mass is 256 g/mol. The van der Waals surface area contributed by atoms with Crippen LogP contribution in [0.4, 0.5) is 0 Å². The van der Waals surface area contributed by atoms with Crippen molar-refractivity contribution in [2.45, 2.75) is 24.1 Å². The van der Waals surface area contributed by atoms with E-state index in [1.165, 1.54) is 0 Å². The number of alkyl halides is 1. The molecule has 2 nitrogen and oxygen atoms in total. The first-order chi connectivity index (χ1) is 6.66. The Bertz CT molecular complexity index is 297. The van der Waals surface area contributed by atoms with Crippen LogP contribution in [0.1, 0.15) is 24.8 Å². The molecular weight excluding hydrogens is 244 g/mol. The third kappa shape index (κ3) is 2.58. The number of carboxylic acids is 1.